The number of nitrogens with one attached hydrogen (secondary N) is 2. The second kappa shape index (κ2) is 5.91. The number of halogens is 4. The lowest BCUT2D eigenvalue weighted by Gasteiger charge is -2.29. The van der Waals surface area contributed by atoms with Crippen molar-refractivity contribution in [2.24, 2.45) is 5.92 Å². The summed E-state index contributed by atoms with van der Waals surface area (Å²) in [4.78, 5) is 36.7. The quantitative estimate of drug-likeness (QED) is 0.792. The second-order valence-corrected chi connectivity index (χ2v) is 6.33. The van der Waals surface area contributed by atoms with Gasteiger partial charge in [0.25, 0.3) is 11.6 Å². The number of nitrogens with zero attached hydrogens (tertiary/aromatic N) is 1. The van der Waals surface area contributed by atoms with Gasteiger partial charge in [-0.1, -0.05) is 29.8 Å². The van der Waals surface area contributed by atoms with Gasteiger partial charge in [0.1, 0.15) is 0 Å². The minimum absolute atomic E-state index is 0.203. The standard InChI is InChI=1S/C15H13ClF3N3O3/c16-10-4-2-1-3-9(10)7-22-12(24)14(15(17,18)19,21-13(22)25)20-11(23)8-5-6-8/h1-4,8H,5-7H2,(H,20,23)(H,21,25)/t14-/m0/s1. The fourth-order valence-corrected chi connectivity index (χ4v) is 2.69. The van der Waals surface area contributed by atoms with Crippen molar-refractivity contribution < 1.29 is 27.6 Å². The molecule has 3 rings (SSSR count). The Balaban J connectivity index is 1.90. The van der Waals surface area contributed by atoms with Gasteiger partial charge in [-0.25, -0.2) is 4.79 Å². The molecule has 1 saturated heterocycles. The Hall–Kier alpha value is -2.29. The highest BCUT2D eigenvalue weighted by atomic mass is 35.5. The van der Waals surface area contributed by atoms with Crippen molar-refractivity contribution in [3.63, 3.8) is 0 Å². The fraction of sp³-hybridized carbons (Fsp3) is 0.400. The van der Waals surface area contributed by atoms with Crippen molar-refractivity contribution >= 4 is 29.4 Å². The number of hydrogen-bond donors (Lipinski definition) is 2. The van der Waals surface area contributed by atoms with Crippen LogP contribution in [0.25, 0.3) is 0 Å². The first kappa shape index (κ1) is 17.5. The summed E-state index contributed by atoms with van der Waals surface area (Å²) in [6.45, 7) is -0.443. The highest BCUT2D eigenvalue weighted by molar-refractivity contribution is 6.31. The molecule has 1 aromatic carbocycles. The molecule has 0 radical (unpaired) electrons. The molecule has 1 atom stereocenters. The van der Waals surface area contributed by atoms with Gasteiger partial charge in [0.05, 0.1) is 6.54 Å². The summed E-state index contributed by atoms with van der Waals surface area (Å²) in [5, 5.41) is 3.49. The van der Waals surface area contributed by atoms with Gasteiger partial charge in [-0.2, -0.15) is 13.2 Å². The van der Waals surface area contributed by atoms with E-state index in [0.717, 1.165) is 0 Å². The van der Waals surface area contributed by atoms with Crippen LogP contribution in [0.5, 0.6) is 0 Å². The van der Waals surface area contributed by atoms with Gasteiger partial charge >= 0.3 is 12.2 Å². The van der Waals surface area contributed by atoms with Crippen LogP contribution >= 0.6 is 11.6 Å². The first-order chi connectivity index (χ1) is 11.7. The maximum atomic E-state index is 13.6. The third-order valence-corrected chi connectivity index (χ3v) is 4.44. The highest BCUT2D eigenvalue weighted by Gasteiger charge is 2.69. The largest absolute Gasteiger partial charge is 0.440 e. The molecule has 134 valence electrons. The van der Waals surface area contributed by atoms with Crippen molar-refractivity contribution in [1.82, 2.24) is 15.5 Å². The Morgan fingerprint density at radius 1 is 1.32 bits per heavy atom. The van der Waals surface area contributed by atoms with Crippen LogP contribution in [0.1, 0.15) is 18.4 Å². The number of imide groups is 1. The first-order valence-electron chi connectivity index (χ1n) is 7.42. The van der Waals surface area contributed by atoms with Crippen LogP contribution in [0.4, 0.5) is 18.0 Å². The van der Waals surface area contributed by atoms with Crippen LogP contribution in [0, 0.1) is 5.92 Å². The molecule has 10 heteroatoms. The maximum absolute atomic E-state index is 13.6. The van der Waals surface area contributed by atoms with Gasteiger partial charge in [-0.05, 0) is 24.5 Å². The van der Waals surface area contributed by atoms with E-state index >= 15 is 0 Å². The zero-order chi connectivity index (χ0) is 18.4. The van der Waals surface area contributed by atoms with Crippen LogP contribution in [0.3, 0.4) is 0 Å². The summed E-state index contributed by atoms with van der Waals surface area (Å²) in [5.41, 5.74) is -3.15. The van der Waals surface area contributed by atoms with E-state index in [0.29, 0.717) is 23.3 Å². The number of alkyl halides is 3. The maximum Gasteiger partial charge on any atom is 0.440 e. The van der Waals surface area contributed by atoms with E-state index in [1.807, 2.05) is 0 Å². The lowest BCUT2D eigenvalue weighted by molar-refractivity contribution is -0.204. The van der Waals surface area contributed by atoms with Crippen molar-refractivity contribution in [1.29, 1.82) is 0 Å². The zero-order valence-electron chi connectivity index (χ0n) is 12.7. The Bertz CT molecular complexity index is 751. The van der Waals surface area contributed by atoms with Crippen LogP contribution in [-0.2, 0) is 16.1 Å². The third kappa shape index (κ3) is 3.04. The molecule has 1 heterocycles. The van der Waals surface area contributed by atoms with Crippen LogP contribution in [0.15, 0.2) is 24.3 Å². The molecular formula is C15H13ClF3N3O3. The van der Waals surface area contributed by atoms with Crippen LogP contribution in [-0.4, -0.2) is 34.6 Å². The predicted molar refractivity (Wildman–Crippen MR) is 80.2 cm³/mol. The lowest BCUT2D eigenvalue weighted by Crippen LogP contribution is -2.69. The van der Waals surface area contributed by atoms with Gasteiger partial charge in [-0.15, -0.1) is 0 Å². The normalized spacial score (nSPS) is 23.6. The fourth-order valence-electron chi connectivity index (χ4n) is 2.50. The monoisotopic (exact) mass is 375 g/mol. The van der Waals surface area contributed by atoms with E-state index in [4.69, 9.17) is 11.6 Å². The number of carbonyl (C=O) groups excluding carboxylic acids is 3. The molecule has 25 heavy (non-hydrogen) atoms. The Kier molecular flexibility index (Phi) is 4.14. The van der Waals surface area contributed by atoms with Crippen molar-refractivity contribution in [2.45, 2.75) is 31.2 Å². The molecule has 4 amide bonds. The summed E-state index contributed by atoms with van der Waals surface area (Å²) in [7, 11) is 0. The summed E-state index contributed by atoms with van der Waals surface area (Å²) < 4.78 is 40.7. The van der Waals surface area contributed by atoms with Crippen molar-refractivity contribution in [3.8, 4) is 0 Å². The summed E-state index contributed by atoms with van der Waals surface area (Å²) in [6, 6.07) is 4.90. The summed E-state index contributed by atoms with van der Waals surface area (Å²) >= 11 is 5.93. The third-order valence-electron chi connectivity index (χ3n) is 4.08. The topological polar surface area (TPSA) is 78.5 Å². The molecule has 2 aliphatic rings. The number of urea groups is 1. The Labute approximate surface area is 145 Å². The van der Waals surface area contributed by atoms with Crippen molar-refractivity contribution in [3.05, 3.63) is 34.9 Å². The molecule has 2 N–H and O–H groups in total. The molecule has 0 unspecified atom stereocenters. The van der Waals surface area contributed by atoms with Gasteiger partial charge in [0, 0.05) is 10.9 Å². The molecule has 6 nitrogen and oxygen atoms in total. The average Bonchev–Trinajstić information content (AvgIpc) is 3.33. The second-order valence-electron chi connectivity index (χ2n) is 5.92. The first-order valence-corrected chi connectivity index (χ1v) is 7.80. The van der Waals surface area contributed by atoms with Gasteiger partial charge in [-0.3, -0.25) is 19.8 Å². The molecule has 1 aliphatic carbocycles. The van der Waals surface area contributed by atoms with E-state index in [2.05, 4.69) is 0 Å². The summed E-state index contributed by atoms with van der Waals surface area (Å²) in [5.74, 6) is -3.06. The van der Waals surface area contributed by atoms with Crippen molar-refractivity contribution in [2.75, 3.05) is 0 Å². The Morgan fingerprint density at radius 2 is 1.96 bits per heavy atom. The lowest BCUT2D eigenvalue weighted by atomic mass is 10.1. The summed E-state index contributed by atoms with van der Waals surface area (Å²) in [6.07, 6.45) is -4.30. The van der Waals surface area contributed by atoms with E-state index in [1.165, 1.54) is 12.1 Å². The van der Waals surface area contributed by atoms with E-state index in [-0.39, 0.29) is 5.02 Å². The molecule has 1 saturated carbocycles. The molecule has 1 aliphatic heterocycles. The van der Waals surface area contributed by atoms with Gasteiger partial charge in [0.15, 0.2) is 0 Å². The van der Waals surface area contributed by atoms with E-state index < -0.39 is 42.1 Å². The molecular weight excluding hydrogens is 363 g/mol. The minimum atomic E-state index is -5.19. The molecule has 1 aromatic rings. The number of hydrogen-bond acceptors (Lipinski definition) is 3. The average molecular weight is 376 g/mol. The molecule has 2 fully saturated rings. The number of rotatable bonds is 4. The number of carbonyl (C=O) groups is 3. The van der Waals surface area contributed by atoms with Crippen LogP contribution in [0.2, 0.25) is 5.02 Å². The van der Waals surface area contributed by atoms with Gasteiger partial charge < -0.3 is 5.32 Å². The molecule has 0 aromatic heterocycles. The highest BCUT2D eigenvalue weighted by Crippen LogP contribution is 2.37. The predicted octanol–water partition coefficient (Wildman–Crippen LogP) is 2.18. The smallest absolute Gasteiger partial charge is 0.318 e. The van der Waals surface area contributed by atoms with E-state index in [1.54, 1.807) is 22.8 Å². The molecule has 0 spiro atoms. The zero-order valence-corrected chi connectivity index (χ0v) is 13.4. The van der Waals surface area contributed by atoms with Crippen LogP contribution < -0.4 is 10.6 Å². The number of benzene rings is 1. The van der Waals surface area contributed by atoms with E-state index in [9.17, 15) is 27.6 Å². The number of amides is 4. The Morgan fingerprint density at radius 3 is 2.52 bits per heavy atom. The molecule has 0 bridgehead atoms. The SMILES string of the molecule is O=C(N[C@]1(C(F)(F)F)NC(=O)N(Cc2ccccc2Cl)C1=O)C1CC1. The minimum Gasteiger partial charge on any atom is -0.318 e. The van der Waals surface area contributed by atoms with Gasteiger partial charge in [0.2, 0.25) is 5.91 Å².